The molecule has 3 aromatic rings. The monoisotopic (exact) mass is 462 g/mol. The van der Waals surface area contributed by atoms with E-state index in [0.29, 0.717) is 35.0 Å². The molecule has 0 aliphatic heterocycles. The van der Waals surface area contributed by atoms with Crippen molar-refractivity contribution < 1.29 is 35.8 Å². The lowest BCUT2D eigenvalue weighted by atomic mass is 9.94. The number of aromatic hydroxyl groups is 1. The normalized spacial score (nSPS) is 11.9. The minimum absolute atomic E-state index is 0.101. The SMILES string of the molecule is O=Cc1c(O)cc(Cc2ccc(S(=O)(=O)O)cc2)cc1Cc1ccc(S(=O)(=O)O)cc1. The third kappa shape index (κ3) is 5.56. The molecule has 0 unspecified atom stereocenters. The van der Waals surface area contributed by atoms with Crippen molar-refractivity contribution in [2.24, 2.45) is 0 Å². The molecule has 0 bridgehead atoms. The van der Waals surface area contributed by atoms with E-state index in [1.54, 1.807) is 6.07 Å². The van der Waals surface area contributed by atoms with Crippen molar-refractivity contribution in [3.63, 3.8) is 0 Å². The van der Waals surface area contributed by atoms with E-state index in [2.05, 4.69) is 0 Å². The molecule has 0 aromatic heterocycles. The van der Waals surface area contributed by atoms with E-state index >= 15 is 0 Å². The van der Waals surface area contributed by atoms with Crippen LogP contribution in [-0.2, 0) is 33.1 Å². The van der Waals surface area contributed by atoms with Gasteiger partial charge in [-0.3, -0.25) is 13.9 Å². The van der Waals surface area contributed by atoms with E-state index in [-0.39, 0.29) is 27.5 Å². The second-order valence-electron chi connectivity index (χ2n) is 6.90. The van der Waals surface area contributed by atoms with Gasteiger partial charge in [-0.25, -0.2) is 0 Å². The summed E-state index contributed by atoms with van der Waals surface area (Å²) < 4.78 is 62.8. The van der Waals surface area contributed by atoms with Gasteiger partial charge in [-0.1, -0.05) is 30.3 Å². The highest BCUT2D eigenvalue weighted by Crippen LogP contribution is 2.26. The van der Waals surface area contributed by atoms with E-state index in [1.807, 2.05) is 0 Å². The van der Waals surface area contributed by atoms with Crippen LogP contribution < -0.4 is 0 Å². The van der Waals surface area contributed by atoms with Gasteiger partial charge in [0.2, 0.25) is 0 Å². The molecule has 0 radical (unpaired) electrons. The van der Waals surface area contributed by atoms with Crippen molar-refractivity contribution >= 4 is 26.5 Å². The maximum Gasteiger partial charge on any atom is 0.294 e. The molecule has 0 spiro atoms. The Bertz CT molecular complexity index is 1330. The van der Waals surface area contributed by atoms with Gasteiger partial charge in [0.15, 0.2) is 6.29 Å². The van der Waals surface area contributed by atoms with Crippen molar-refractivity contribution in [2.75, 3.05) is 0 Å². The third-order valence-electron chi connectivity index (χ3n) is 4.67. The topological polar surface area (TPSA) is 146 Å². The van der Waals surface area contributed by atoms with Crippen molar-refractivity contribution in [3.05, 3.63) is 88.5 Å². The van der Waals surface area contributed by atoms with Crippen LogP contribution >= 0.6 is 0 Å². The fourth-order valence-corrected chi connectivity index (χ4v) is 4.12. The molecule has 0 heterocycles. The largest absolute Gasteiger partial charge is 0.507 e. The quantitative estimate of drug-likeness (QED) is 0.359. The fraction of sp³-hybridized carbons (Fsp3) is 0.0952. The van der Waals surface area contributed by atoms with Gasteiger partial charge < -0.3 is 5.11 Å². The maximum absolute atomic E-state index is 11.5. The Balaban J connectivity index is 1.90. The summed E-state index contributed by atoms with van der Waals surface area (Å²) in [7, 11) is -8.61. The fourth-order valence-electron chi connectivity index (χ4n) is 3.16. The van der Waals surface area contributed by atoms with Crippen LogP contribution in [0.5, 0.6) is 5.75 Å². The molecular formula is C21H18O8S2. The number of aldehydes is 1. The second-order valence-corrected chi connectivity index (χ2v) is 9.74. The molecule has 0 aliphatic rings. The van der Waals surface area contributed by atoms with E-state index < -0.39 is 20.2 Å². The van der Waals surface area contributed by atoms with Gasteiger partial charge in [-0.15, -0.1) is 0 Å². The molecule has 0 atom stereocenters. The first-order valence-electron chi connectivity index (χ1n) is 8.90. The molecule has 3 rings (SSSR count). The number of rotatable bonds is 7. The van der Waals surface area contributed by atoms with Crippen molar-refractivity contribution in [2.45, 2.75) is 22.6 Å². The molecular weight excluding hydrogens is 444 g/mol. The molecule has 3 N–H and O–H groups in total. The second kappa shape index (κ2) is 8.60. The first-order valence-corrected chi connectivity index (χ1v) is 11.8. The summed E-state index contributed by atoms with van der Waals surface area (Å²) in [6.45, 7) is 0. The maximum atomic E-state index is 11.5. The molecule has 0 saturated carbocycles. The molecule has 0 aliphatic carbocycles. The lowest BCUT2D eigenvalue weighted by Gasteiger charge is -2.11. The van der Waals surface area contributed by atoms with E-state index in [1.165, 1.54) is 54.6 Å². The predicted molar refractivity (Wildman–Crippen MR) is 112 cm³/mol. The van der Waals surface area contributed by atoms with Gasteiger partial charge in [0.25, 0.3) is 20.2 Å². The Morgan fingerprint density at radius 1 is 0.677 bits per heavy atom. The zero-order valence-electron chi connectivity index (χ0n) is 16.0. The minimum Gasteiger partial charge on any atom is -0.507 e. The van der Waals surface area contributed by atoms with Gasteiger partial charge in [0.05, 0.1) is 15.4 Å². The zero-order valence-corrected chi connectivity index (χ0v) is 17.6. The lowest BCUT2D eigenvalue weighted by molar-refractivity contribution is 0.112. The van der Waals surface area contributed by atoms with Crippen LogP contribution in [0.15, 0.2) is 70.5 Å². The number of carbonyl (C=O) groups is 1. The summed E-state index contributed by atoms with van der Waals surface area (Å²) in [5.41, 5.74) is 2.65. The number of phenolic OH excluding ortho intramolecular Hbond substituents is 1. The van der Waals surface area contributed by atoms with Gasteiger partial charge in [-0.2, -0.15) is 16.8 Å². The highest BCUT2D eigenvalue weighted by atomic mass is 32.2. The molecule has 31 heavy (non-hydrogen) atoms. The van der Waals surface area contributed by atoms with Gasteiger partial charge in [0.1, 0.15) is 5.75 Å². The average Bonchev–Trinajstić information content (AvgIpc) is 2.67. The number of hydrogen-bond acceptors (Lipinski definition) is 6. The number of carbonyl (C=O) groups excluding carboxylic acids is 1. The van der Waals surface area contributed by atoms with Gasteiger partial charge >= 0.3 is 0 Å². The zero-order chi connectivity index (χ0) is 22.8. The average molecular weight is 463 g/mol. The Kier molecular flexibility index (Phi) is 6.27. The molecule has 10 heteroatoms. The Morgan fingerprint density at radius 2 is 1.13 bits per heavy atom. The van der Waals surface area contributed by atoms with E-state index in [4.69, 9.17) is 9.11 Å². The molecule has 0 fully saturated rings. The predicted octanol–water partition coefficient (Wildman–Crippen LogP) is 2.88. The summed E-state index contributed by atoms with van der Waals surface area (Å²) in [6, 6.07) is 14.2. The standard InChI is InChI=1S/C21H18O8S2/c22-13-20-17(10-15-3-7-19(8-4-15)31(27,28)29)11-16(12-21(20)23)9-14-1-5-18(6-2-14)30(24,25)26/h1-8,11-13,23H,9-10H2,(H,24,25,26)(H,27,28,29). The van der Waals surface area contributed by atoms with Crippen molar-refractivity contribution in [1.29, 1.82) is 0 Å². The van der Waals surface area contributed by atoms with Crippen LogP contribution in [0.4, 0.5) is 0 Å². The Morgan fingerprint density at radius 3 is 1.55 bits per heavy atom. The highest BCUT2D eigenvalue weighted by Gasteiger charge is 2.14. The van der Waals surface area contributed by atoms with Crippen molar-refractivity contribution in [1.82, 2.24) is 0 Å². The van der Waals surface area contributed by atoms with Gasteiger partial charge in [-0.05, 0) is 65.4 Å². The van der Waals surface area contributed by atoms with Crippen LogP contribution in [0.1, 0.15) is 32.6 Å². The summed E-state index contributed by atoms with van der Waals surface area (Å²) in [5, 5.41) is 10.3. The Hall–Kier alpha value is -3.05. The molecule has 0 amide bonds. The van der Waals surface area contributed by atoms with E-state index in [0.717, 1.165) is 0 Å². The molecule has 0 saturated heterocycles. The number of hydrogen-bond donors (Lipinski definition) is 3. The van der Waals surface area contributed by atoms with E-state index in [9.17, 15) is 26.7 Å². The Labute approximate surface area is 179 Å². The first-order chi connectivity index (χ1) is 14.5. The summed E-state index contributed by atoms with van der Waals surface area (Å²) in [6.07, 6.45) is 1.08. The smallest absolute Gasteiger partial charge is 0.294 e. The van der Waals surface area contributed by atoms with Crippen LogP contribution in [-0.4, -0.2) is 37.3 Å². The first kappa shape index (κ1) is 22.6. The number of phenols is 1. The molecule has 8 nitrogen and oxygen atoms in total. The minimum atomic E-state index is -4.32. The summed E-state index contributed by atoms with van der Waals surface area (Å²) in [4.78, 5) is 11.0. The van der Waals surface area contributed by atoms with Crippen LogP contribution in [0.25, 0.3) is 0 Å². The number of benzene rings is 3. The van der Waals surface area contributed by atoms with Crippen LogP contribution in [0.3, 0.4) is 0 Å². The summed E-state index contributed by atoms with van der Waals surface area (Å²) in [5.74, 6) is -0.216. The third-order valence-corrected chi connectivity index (χ3v) is 6.40. The van der Waals surface area contributed by atoms with Crippen molar-refractivity contribution in [3.8, 4) is 5.75 Å². The molecule has 162 valence electrons. The van der Waals surface area contributed by atoms with Crippen LogP contribution in [0.2, 0.25) is 0 Å². The molecule has 3 aromatic carbocycles. The van der Waals surface area contributed by atoms with Crippen LogP contribution in [0, 0.1) is 0 Å². The van der Waals surface area contributed by atoms with Gasteiger partial charge in [0, 0.05) is 0 Å². The summed E-state index contributed by atoms with van der Waals surface area (Å²) >= 11 is 0. The highest BCUT2D eigenvalue weighted by molar-refractivity contribution is 7.86. The lowest BCUT2D eigenvalue weighted by Crippen LogP contribution is -2.01.